The molecule has 0 saturated heterocycles. The van der Waals surface area contributed by atoms with Crippen LogP contribution in [0.15, 0.2) is 72.8 Å². The number of anilines is 1. The van der Waals surface area contributed by atoms with E-state index in [0.29, 0.717) is 12.2 Å². The first-order valence-electron chi connectivity index (χ1n) is 17.1. The number of hydrogen-bond donors (Lipinski definition) is 5. The largest absolute Gasteiger partial charge is 0.497 e. The highest BCUT2D eigenvalue weighted by atomic mass is 32.2. The van der Waals surface area contributed by atoms with Crippen LogP contribution in [0.25, 0.3) is 0 Å². The third kappa shape index (κ3) is 12.7. The number of carbonyl (C=O) groups excluding carboxylic acids is 4. The lowest BCUT2D eigenvalue weighted by atomic mass is 9.92. The molecule has 3 aromatic rings. The second-order valence-corrected chi connectivity index (χ2v) is 15.4. The van der Waals surface area contributed by atoms with E-state index in [1.807, 2.05) is 63.2 Å². The van der Waals surface area contributed by atoms with Gasteiger partial charge in [0.15, 0.2) is 0 Å². The molecule has 4 atom stereocenters. The molecule has 4 unspecified atom stereocenters. The standard InChI is InChI=1S/C38H51N5O8S/c1-24(2)16-33(34(44)17-25(3)36(46)40-23-35(45)39-22-27-12-11-15-32(18-27)51-6)42-38(48)30-19-29(20-31(21-30)43(5)52(7,49)50)37(47)41-26(4)28-13-9-8-10-14-28/h8-15,18-21,24-26,33-34,44H,16-17,22-23H2,1-7H3,(H,39,45)(H,40,46)(H,41,47)(H,42,48). The summed E-state index contributed by atoms with van der Waals surface area (Å²) in [5.41, 5.74) is 1.88. The third-order valence-electron chi connectivity index (χ3n) is 8.55. The third-order valence-corrected chi connectivity index (χ3v) is 9.75. The van der Waals surface area contributed by atoms with Crippen molar-refractivity contribution in [2.24, 2.45) is 11.8 Å². The molecule has 4 amide bonds. The summed E-state index contributed by atoms with van der Waals surface area (Å²) < 4.78 is 31.0. The summed E-state index contributed by atoms with van der Waals surface area (Å²) in [6.45, 7) is 7.27. The molecule has 0 saturated carbocycles. The van der Waals surface area contributed by atoms with Gasteiger partial charge in [0.1, 0.15) is 5.75 Å². The molecule has 14 heteroatoms. The molecule has 0 fully saturated rings. The lowest BCUT2D eigenvalue weighted by Crippen LogP contribution is -2.46. The van der Waals surface area contributed by atoms with Crippen LogP contribution < -0.4 is 30.3 Å². The van der Waals surface area contributed by atoms with Crippen molar-refractivity contribution in [3.63, 3.8) is 0 Å². The Morgan fingerprint density at radius 3 is 2.06 bits per heavy atom. The first-order chi connectivity index (χ1) is 24.5. The van der Waals surface area contributed by atoms with E-state index >= 15 is 0 Å². The minimum atomic E-state index is -3.75. The number of benzene rings is 3. The number of nitrogens with one attached hydrogen (secondary N) is 4. The average Bonchev–Trinajstić information content (AvgIpc) is 3.11. The minimum absolute atomic E-state index is 0.0113. The lowest BCUT2D eigenvalue weighted by molar-refractivity contribution is -0.129. The number of hydrogen-bond acceptors (Lipinski definition) is 8. The van der Waals surface area contributed by atoms with Crippen LogP contribution in [0.4, 0.5) is 5.69 Å². The van der Waals surface area contributed by atoms with Crippen LogP contribution in [0, 0.1) is 11.8 Å². The van der Waals surface area contributed by atoms with Gasteiger partial charge in [-0.1, -0.05) is 63.2 Å². The van der Waals surface area contributed by atoms with Crippen LogP contribution in [0.1, 0.15) is 78.4 Å². The topological polar surface area (TPSA) is 183 Å². The molecule has 3 aromatic carbocycles. The van der Waals surface area contributed by atoms with Gasteiger partial charge in [0.05, 0.1) is 43.8 Å². The van der Waals surface area contributed by atoms with Crippen LogP contribution in [-0.4, -0.2) is 76.3 Å². The number of aliphatic hydroxyl groups is 1. The van der Waals surface area contributed by atoms with Crippen LogP contribution in [-0.2, 0) is 26.2 Å². The zero-order chi connectivity index (χ0) is 38.6. The molecule has 52 heavy (non-hydrogen) atoms. The lowest BCUT2D eigenvalue weighted by Gasteiger charge is -2.28. The first-order valence-corrected chi connectivity index (χ1v) is 18.9. The predicted octanol–water partition coefficient (Wildman–Crippen LogP) is 3.55. The maximum atomic E-state index is 13.7. The van der Waals surface area contributed by atoms with Crippen molar-refractivity contribution in [2.45, 2.75) is 65.3 Å². The summed E-state index contributed by atoms with van der Waals surface area (Å²) in [4.78, 5) is 52.4. The number of ether oxygens (including phenoxy) is 1. The zero-order valence-electron chi connectivity index (χ0n) is 30.8. The Kier molecular flexibility index (Phi) is 15.2. The van der Waals surface area contributed by atoms with Crippen LogP contribution in [0.2, 0.25) is 0 Å². The molecule has 0 aliphatic rings. The van der Waals surface area contributed by atoms with E-state index in [9.17, 15) is 32.7 Å². The number of carbonyl (C=O) groups is 4. The van der Waals surface area contributed by atoms with Gasteiger partial charge in [-0.2, -0.15) is 0 Å². The maximum Gasteiger partial charge on any atom is 0.251 e. The van der Waals surface area contributed by atoms with Gasteiger partial charge < -0.3 is 31.1 Å². The Morgan fingerprint density at radius 2 is 1.46 bits per heavy atom. The van der Waals surface area contributed by atoms with Crippen molar-refractivity contribution >= 4 is 39.3 Å². The Hall–Kier alpha value is -4.95. The predicted molar refractivity (Wildman–Crippen MR) is 200 cm³/mol. The number of sulfonamides is 1. The summed E-state index contributed by atoms with van der Waals surface area (Å²) in [6.07, 6.45) is 0.207. The highest BCUT2D eigenvalue weighted by molar-refractivity contribution is 7.92. The van der Waals surface area contributed by atoms with Gasteiger partial charge in [0.25, 0.3) is 11.8 Å². The quantitative estimate of drug-likeness (QED) is 0.131. The highest BCUT2D eigenvalue weighted by Gasteiger charge is 2.28. The van der Waals surface area contributed by atoms with Crippen molar-refractivity contribution < 1.29 is 37.4 Å². The molecule has 0 bridgehead atoms. The summed E-state index contributed by atoms with van der Waals surface area (Å²) in [5, 5.41) is 22.3. The van der Waals surface area contributed by atoms with E-state index < -0.39 is 45.8 Å². The van der Waals surface area contributed by atoms with Crippen molar-refractivity contribution in [3.8, 4) is 5.75 Å². The Bertz CT molecular complexity index is 1800. The normalized spacial score (nSPS) is 13.6. The molecule has 0 heterocycles. The van der Waals surface area contributed by atoms with Crippen LogP contribution in [0.5, 0.6) is 5.75 Å². The minimum Gasteiger partial charge on any atom is -0.497 e. The summed E-state index contributed by atoms with van der Waals surface area (Å²) in [7, 11) is -0.872. The highest BCUT2D eigenvalue weighted by Crippen LogP contribution is 2.23. The molecule has 0 aromatic heterocycles. The summed E-state index contributed by atoms with van der Waals surface area (Å²) >= 11 is 0. The second-order valence-electron chi connectivity index (χ2n) is 13.4. The number of amides is 4. The Labute approximate surface area is 306 Å². The molecular formula is C38H51N5O8S. The molecule has 3 rings (SSSR count). The van der Waals surface area contributed by atoms with E-state index in [-0.39, 0.29) is 54.2 Å². The smallest absolute Gasteiger partial charge is 0.251 e. The van der Waals surface area contributed by atoms with Crippen LogP contribution >= 0.6 is 0 Å². The van der Waals surface area contributed by atoms with Crippen molar-refractivity contribution in [1.29, 1.82) is 0 Å². The Morgan fingerprint density at radius 1 is 0.827 bits per heavy atom. The van der Waals surface area contributed by atoms with E-state index in [1.165, 1.54) is 25.2 Å². The molecular weight excluding hydrogens is 687 g/mol. The SMILES string of the molecule is COc1cccc(CNC(=O)CNC(=O)C(C)CC(O)C(CC(C)C)NC(=O)c2cc(C(=O)NC(C)c3ccccc3)cc(N(C)S(C)(=O)=O)c2)c1. The monoisotopic (exact) mass is 737 g/mol. The van der Waals surface area contributed by atoms with Crippen molar-refractivity contribution in [2.75, 3.05) is 31.3 Å². The molecule has 0 spiro atoms. The van der Waals surface area contributed by atoms with Crippen molar-refractivity contribution in [3.05, 3.63) is 95.1 Å². The van der Waals surface area contributed by atoms with Gasteiger partial charge in [-0.15, -0.1) is 0 Å². The van der Waals surface area contributed by atoms with Gasteiger partial charge in [0, 0.05) is 30.6 Å². The van der Waals surface area contributed by atoms with E-state index in [4.69, 9.17) is 4.74 Å². The van der Waals surface area contributed by atoms with Gasteiger partial charge in [-0.05, 0) is 67.1 Å². The molecule has 0 aliphatic heterocycles. The number of aliphatic hydroxyl groups excluding tert-OH is 1. The fourth-order valence-electron chi connectivity index (χ4n) is 5.44. The zero-order valence-corrected chi connectivity index (χ0v) is 31.6. The fraction of sp³-hybridized carbons (Fsp3) is 0.421. The molecule has 13 nitrogen and oxygen atoms in total. The summed E-state index contributed by atoms with van der Waals surface area (Å²) in [5.74, 6) is -1.98. The van der Waals surface area contributed by atoms with E-state index in [2.05, 4.69) is 21.3 Å². The van der Waals surface area contributed by atoms with Gasteiger partial charge >= 0.3 is 0 Å². The van der Waals surface area contributed by atoms with E-state index in [1.54, 1.807) is 26.2 Å². The summed E-state index contributed by atoms with van der Waals surface area (Å²) in [6, 6.07) is 19.5. The van der Waals surface area contributed by atoms with Crippen LogP contribution in [0.3, 0.4) is 0 Å². The first kappa shape index (κ1) is 41.5. The molecule has 5 N–H and O–H groups in total. The maximum absolute atomic E-state index is 13.7. The number of methoxy groups -OCH3 is 1. The fourth-order valence-corrected chi connectivity index (χ4v) is 5.93. The molecule has 282 valence electrons. The molecule has 0 radical (unpaired) electrons. The van der Waals surface area contributed by atoms with Gasteiger partial charge in [0.2, 0.25) is 21.8 Å². The van der Waals surface area contributed by atoms with Crippen molar-refractivity contribution in [1.82, 2.24) is 21.3 Å². The average molecular weight is 738 g/mol. The van der Waals surface area contributed by atoms with Gasteiger partial charge in [-0.25, -0.2) is 8.42 Å². The van der Waals surface area contributed by atoms with Gasteiger partial charge in [-0.3, -0.25) is 23.5 Å². The number of nitrogens with zero attached hydrogens (tertiary/aromatic N) is 1. The van der Waals surface area contributed by atoms with E-state index in [0.717, 1.165) is 21.7 Å². The Balaban J connectivity index is 1.71. The second kappa shape index (κ2) is 19.0. The molecule has 0 aliphatic carbocycles. The number of rotatable bonds is 18.